The second-order valence-corrected chi connectivity index (χ2v) is 5.07. The number of fused-ring (bicyclic) bond motifs is 1. The summed E-state index contributed by atoms with van der Waals surface area (Å²) in [5, 5.41) is 3.50. The Morgan fingerprint density at radius 1 is 1.17 bits per heavy atom. The molecular weight excluding hydrogens is 228 g/mol. The van der Waals surface area contributed by atoms with Gasteiger partial charge in [0.2, 0.25) is 0 Å². The number of nitrogens with zero attached hydrogens (tertiary/aromatic N) is 3. The molecule has 0 amide bonds. The van der Waals surface area contributed by atoms with Crippen LogP contribution in [-0.4, -0.2) is 40.0 Å². The van der Waals surface area contributed by atoms with E-state index in [0.29, 0.717) is 17.9 Å². The number of piperidine rings is 1. The molecule has 0 bridgehead atoms. The van der Waals surface area contributed by atoms with E-state index in [9.17, 15) is 0 Å². The van der Waals surface area contributed by atoms with Crippen molar-refractivity contribution < 1.29 is 0 Å². The molecule has 4 N–H and O–H groups in total. The van der Waals surface area contributed by atoms with E-state index in [4.69, 9.17) is 5.84 Å². The summed E-state index contributed by atoms with van der Waals surface area (Å²) in [4.78, 5) is 11.1. The zero-order valence-electron chi connectivity index (χ0n) is 10.5. The van der Waals surface area contributed by atoms with Gasteiger partial charge in [-0.05, 0) is 25.8 Å². The van der Waals surface area contributed by atoms with Crippen molar-refractivity contribution in [1.82, 2.24) is 14.9 Å². The second-order valence-electron chi connectivity index (χ2n) is 5.07. The summed E-state index contributed by atoms with van der Waals surface area (Å²) in [5.74, 6) is 6.75. The van der Waals surface area contributed by atoms with Gasteiger partial charge in [0.25, 0.3) is 0 Å². The largest absolute Gasteiger partial charge is 0.364 e. The Labute approximate surface area is 107 Å². The lowest BCUT2D eigenvalue weighted by molar-refractivity contribution is 0.192. The summed E-state index contributed by atoms with van der Waals surface area (Å²) < 4.78 is 0. The Balaban J connectivity index is 1.68. The third kappa shape index (κ3) is 2.26. The molecule has 2 fully saturated rings. The number of anilines is 2. The number of rotatable bonds is 3. The van der Waals surface area contributed by atoms with Gasteiger partial charge in [0.15, 0.2) is 5.82 Å². The first-order chi connectivity index (χ1) is 8.86. The highest BCUT2D eigenvalue weighted by molar-refractivity contribution is 5.41. The van der Waals surface area contributed by atoms with Crippen LogP contribution >= 0.6 is 0 Å². The van der Waals surface area contributed by atoms with Crippen molar-refractivity contribution in [2.45, 2.75) is 37.8 Å². The molecule has 0 radical (unpaired) electrons. The molecule has 18 heavy (non-hydrogen) atoms. The van der Waals surface area contributed by atoms with Crippen LogP contribution in [0.1, 0.15) is 25.7 Å². The van der Waals surface area contributed by atoms with Crippen LogP contribution in [0.4, 0.5) is 11.6 Å². The van der Waals surface area contributed by atoms with Crippen LogP contribution in [0.2, 0.25) is 0 Å². The quantitative estimate of drug-likeness (QED) is 0.542. The maximum absolute atomic E-state index is 5.34. The van der Waals surface area contributed by atoms with Gasteiger partial charge in [-0.15, -0.1) is 0 Å². The molecule has 2 aliphatic rings. The van der Waals surface area contributed by atoms with E-state index >= 15 is 0 Å². The molecule has 2 aliphatic heterocycles. The van der Waals surface area contributed by atoms with Crippen molar-refractivity contribution in [3.8, 4) is 0 Å². The topological polar surface area (TPSA) is 79.1 Å². The highest BCUT2D eigenvalue weighted by Gasteiger charge is 2.35. The molecule has 1 aromatic rings. The van der Waals surface area contributed by atoms with Gasteiger partial charge in [-0.3, -0.25) is 9.88 Å². The average molecular weight is 248 g/mol. The predicted molar refractivity (Wildman–Crippen MR) is 71.1 cm³/mol. The molecule has 0 spiro atoms. The zero-order chi connectivity index (χ0) is 12.4. The molecule has 3 heterocycles. The van der Waals surface area contributed by atoms with E-state index < -0.39 is 0 Å². The van der Waals surface area contributed by atoms with E-state index in [1.807, 2.05) is 0 Å². The van der Waals surface area contributed by atoms with Gasteiger partial charge in [0.05, 0.1) is 12.4 Å². The molecule has 0 aromatic carbocycles. The van der Waals surface area contributed by atoms with Crippen LogP contribution in [0.25, 0.3) is 0 Å². The van der Waals surface area contributed by atoms with Gasteiger partial charge < -0.3 is 10.7 Å². The molecular formula is C12H20N6. The standard InChI is InChI=1S/C12H20N6/c13-17-12-8-14-7-11(16-12)15-9-4-6-18-5-2-1-3-10(9)18/h7-10H,1-6,13H2,(H2,15,16,17). The van der Waals surface area contributed by atoms with E-state index in [0.717, 1.165) is 5.82 Å². The van der Waals surface area contributed by atoms with Gasteiger partial charge >= 0.3 is 0 Å². The maximum atomic E-state index is 5.34. The Morgan fingerprint density at radius 3 is 2.94 bits per heavy atom. The monoisotopic (exact) mass is 248 g/mol. The van der Waals surface area contributed by atoms with Gasteiger partial charge in [0.1, 0.15) is 5.82 Å². The van der Waals surface area contributed by atoms with Crippen LogP contribution in [0.3, 0.4) is 0 Å². The zero-order valence-corrected chi connectivity index (χ0v) is 10.5. The normalized spacial score (nSPS) is 27.8. The fourth-order valence-electron chi connectivity index (χ4n) is 3.11. The predicted octanol–water partition coefficient (Wildman–Crippen LogP) is 0.801. The minimum absolute atomic E-state index is 0.493. The third-order valence-electron chi connectivity index (χ3n) is 3.97. The summed E-state index contributed by atoms with van der Waals surface area (Å²) in [7, 11) is 0. The molecule has 1 aromatic heterocycles. The van der Waals surface area contributed by atoms with E-state index in [1.165, 1.54) is 38.8 Å². The number of aromatic nitrogens is 2. The summed E-state index contributed by atoms with van der Waals surface area (Å²) in [6.07, 6.45) is 8.54. The molecule has 2 atom stereocenters. The second kappa shape index (κ2) is 5.07. The molecule has 3 rings (SSSR count). The lowest BCUT2D eigenvalue weighted by atomic mass is 9.99. The van der Waals surface area contributed by atoms with Crippen molar-refractivity contribution in [1.29, 1.82) is 0 Å². The number of hydrazine groups is 1. The lowest BCUT2D eigenvalue weighted by Crippen LogP contribution is -2.41. The number of hydrogen-bond acceptors (Lipinski definition) is 6. The summed E-state index contributed by atoms with van der Waals surface area (Å²) in [5.41, 5.74) is 2.52. The summed E-state index contributed by atoms with van der Waals surface area (Å²) in [6, 6.07) is 1.16. The van der Waals surface area contributed by atoms with Crippen LogP contribution in [-0.2, 0) is 0 Å². The molecule has 2 saturated heterocycles. The van der Waals surface area contributed by atoms with Crippen molar-refractivity contribution in [3.63, 3.8) is 0 Å². The smallest absolute Gasteiger partial charge is 0.160 e. The number of nitrogen functional groups attached to an aromatic ring is 1. The average Bonchev–Trinajstić information content (AvgIpc) is 2.83. The maximum Gasteiger partial charge on any atom is 0.160 e. The highest BCUT2D eigenvalue weighted by Crippen LogP contribution is 2.28. The number of nitrogens with one attached hydrogen (secondary N) is 2. The number of nitrogens with two attached hydrogens (primary N) is 1. The van der Waals surface area contributed by atoms with Crippen LogP contribution in [0.5, 0.6) is 0 Å². The minimum Gasteiger partial charge on any atom is -0.364 e. The van der Waals surface area contributed by atoms with Crippen LogP contribution in [0.15, 0.2) is 12.4 Å². The van der Waals surface area contributed by atoms with Gasteiger partial charge in [-0.1, -0.05) is 6.42 Å². The number of hydrogen-bond donors (Lipinski definition) is 3. The fourth-order valence-corrected chi connectivity index (χ4v) is 3.11. The van der Waals surface area contributed by atoms with Gasteiger partial charge in [-0.25, -0.2) is 10.8 Å². The Kier molecular flexibility index (Phi) is 3.29. The SMILES string of the molecule is NNc1cncc(NC2CCN3CCCCC23)n1. The van der Waals surface area contributed by atoms with E-state index in [2.05, 4.69) is 25.6 Å². The van der Waals surface area contributed by atoms with Crippen molar-refractivity contribution >= 4 is 11.6 Å². The first kappa shape index (κ1) is 11.7. The molecule has 6 nitrogen and oxygen atoms in total. The molecule has 98 valence electrons. The van der Waals surface area contributed by atoms with Gasteiger partial charge in [-0.2, -0.15) is 0 Å². The van der Waals surface area contributed by atoms with Crippen LogP contribution in [0, 0.1) is 0 Å². The van der Waals surface area contributed by atoms with Crippen molar-refractivity contribution in [3.05, 3.63) is 12.4 Å². The summed E-state index contributed by atoms with van der Waals surface area (Å²) >= 11 is 0. The van der Waals surface area contributed by atoms with Crippen LogP contribution < -0.4 is 16.6 Å². The molecule has 0 aliphatic carbocycles. The molecule has 0 saturated carbocycles. The summed E-state index contributed by atoms with van der Waals surface area (Å²) in [6.45, 7) is 2.45. The first-order valence-corrected chi connectivity index (χ1v) is 6.66. The fraction of sp³-hybridized carbons (Fsp3) is 0.667. The molecule has 6 heteroatoms. The van der Waals surface area contributed by atoms with Crippen molar-refractivity contribution in [2.75, 3.05) is 23.8 Å². The lowest BCUT2D eigenvalue weighted by Gasteiger charge is -2.32. The Morgan fingerprint density at radius 2 is 2.06 bits per heavy atom. The third-order valence-corrected chi connectivity index (χ3v) is 3.97. The highest BCUT2D eigenvalue weighted by atomic mass is 15.3. The molecule has 2 unspecified atom stereocenters. The van der Waals surface area contributed by atoms with Gasteiger partial charge in [0, 0.05) is 18.6 Å². The Bertz CT molecular complexity index is 409. The van der Waals surface area contributed by atoms with E-state index in [-0.39, 0.29) is 0 Å². The Hall–Kier alpha value is -1.40. The minimum atomic E-state index is 0.493. The first-order valence-electron chi connectivity index (χ1n) is 6.66. The van der Waals surface area contributed by atoms with Crippen molar-refractivity contribution in [2.24, 2.45) is 5.84 Å². The van der Waals surface area contributed by atoms with E-state index in [1.54, 1.807) is 12.4 Å².